The van der Waals surface area contributed by atoms with Gasteiger partial charge in [0.2, 0.25) is 0 Å². The summed E-state index contributed by atoms with van der Waals surface area (Å²) in [5.41, 5.74) is 4.90. The van der Waals surface area contributed by atoms with Crippen molar-refractivity contribution in [2.24, 2.45) is 0 Å². The number of alkyl halides is 3. The Labute approximate surface area is 173 Å². The van der Waals surface area contributed by atoms with Crippen LogP contribution in [0.2, 0.25) is 0 Å². The lowest BCUT2D eigenvalue weighted by Crippen LogP contribution is -2.27. The minimum Gasteiger partial charge on any atom is -0.493 e. The predicted octanol–water partition coefficient (Wildman–Crippen LogP) is 4.02. The highest BCUT2D eigenvalue weighted by Gasteiger charge is 2.41. The van der Waals surface area contributed by atoms with Crippen LogP contribution in [0.5, 0.6) is 11.5 Å². The molecule has 0 saturated carbocycles. The molecule has 2 aromatic heterocycles. The molecule has 31 heavy (non-hydrogen) atoms. The molecule has 1 N–H and O–H groups in total. The van der Waals surface area contributed by atoms with Gasteiger partial charge in [0.1, 0.15) is 11.8 Å². The fraction of sp³-hybridized carbons (Fsp3) is 0.150. The van der Waals surface area contributed by atoms with E-state index < -0.39 is 12.1 Å². The van der Waals surface area contributed by atoms with Gasteiger partial charge in [0.05, 0.1) is 37.1 Å². The Hall–Kier alpha value is -4.02. The lowest BCUT2D eigenvalue weighted by atomic mass is 10.1. The molecule has 2 heterocycles. The van der Waals surface area contributed by atoms with Gasteiger partial charge in [-0.3, -0.25) is 9.55 Å². The maximum Gasteiger partial charge on any atom is 0.493 e. The van der Waals surface area contributed by atoms with E-state index >= 15 is 0 Å². The molecule has 160 valence electrons. The van der Waals surface area contributed by atoms with Gasteiger partial charge in [-0.25, -0.2) is 15.3 Å². The number of hydrogen-bond donors (Lipinski definition) is 1. The number of fused-ring (bicyclic) bond motifs is 3. The summed E-state index contributed by atoms with van der Waals surface area (Å²) < 4.78 is 49.2. The van der Waals surface area contributed by atoms with Crippen LogP contribution in [0, 0.1) is 0 Å². The van der Waals surface area contributed by atoms with Crippen molar-refractivity contribution in [1.29, 1.82) is 0 Å². The Morgan fingerprint density at radius 2 is 1.68 bits per heavy atom. The van der Waals surface area contributed by atoms with Gasteiger partial charge in [0, 0.05) is 17.1 Å². The molecule has 11 heteroatoms. The van der Waals surface area contributed by atoms with Gasteiger partial charge in [0.25, 0.3) is 0 Å². The molecule has 4 aromatic rings. The third-order valence-electron chi connectivity index (χ3n) is 4.52. The van der Waals surface area contributed by atoms with E-state index in [0.29, 0.717) is 28.2 Å². The van der Waals surface area contributed by atoms with Crippen molar-refractivity contribution >= 4 is 33.6 Å². The fourth-order valence-corrected chi connectivity index (χ4v) is 3.07. The largest absolute Gasteiger partial charge is 0.493 e. The maximum absolute atomic E-state index is 12.2. The smallest absolute Gasteiger partial charge is 0.493 e. The molecule has 4 rings (SSSR count). The van der Waals surface area contributed by atoms with E-state index in [0.717, 1.165) is 10.9 Å². The second-order valence-electron chi connectivity index (χ2n) is 6.37. The van der Waals surface area contributed by atoms with Gasteiger partial charge in [-0.1, -0.05) is 0 Å². The van der Waals surface area contributed by atoms with E-state index in [2.05, 4.69) is 14.8 Å². The molecule has 0 fully saturated rings. The Morgan fingerprint density at radius 3 is 2.32 bits per heavy atom. The van der Waals surface area contributed by atoms with Gasteiger partial charge in [-0.15, -0.1) is 0 Å². The number of carbonyl (C=O) groups is 1. The molecule has 0 bridgehead atoms. The molecule has 0 aliphatic rings. The number of anilines is 1. The second-order valence-corrected chi connectivity index (χ2v) is 6.37. The van der Waals surface area contributed by atoms with Crippen LogP contribution in [-0.4, -0.2) is 40.9 Å². The summed E-state index contributed by atoms with van der Waals surface area (Å²) in [5, 5.41) is 0.772. The zero-order chi connectivity index (χ0) is 22.2. The maximum atomic E-state index is 12.2. The van der Waals surface area contributed by atoms with Gasteiger partial charge in [0.15, 0.2) is 11.5 Å². The molecule has 0 atom stereocenters. The first-order valence-corrected chi connectivity index (χ1v) is 8.84. The van der Waals surface area contributed by atoms with Crippen LogP contribution < -0.4 is 15.0 Å². The van der Waals surface area contributed by atoms with Gasteiger partial charge in [-0.05, 0) is 30.3 Å². The van der Waals surface area contributed by atoms with E-state index in [1.165, 1.54) is 26.4 Å². The molecule has 0 spiro atoms. The highest BCUT2D eigenvalue weighted by atomic mass is 19.4. The molecule has 0 unspecified atom stereocenters. The van der Waals surface area contributed by atoms with Crippen LogP contribution in [0.4, 0.5) is 18.9 Å². The van der Waals surface area contributed by atoms with Crippen molar-refractivity contribution in [3.05, 3.63) is 48.9 Å². The second kappa shape index (κ2) is 7.67. The standard InChI is InChI=1S/C20H15F3N4O4/c1-29-16-7-13-14(8-17(16)30-2)24-9-15-18(13)27(10-25-15)12-5-3-11(4-6-12)26-31-19(28)20(21,22)23/h3-10,26H,1-2H3. The first-order valence-electron chi connectivity index (χ1n) is 8.84. The number of imidazole rings is 1. The minimum absolute atomic E-state index is 0.170. The molecule has 0 saturated heterocycles. The van der Waals surface area contributed by atoms with E-state index in [9.17, 15) is 18.0 Å². The summed E-state index contributed by atoms with van der Waals surface area (Å²) in [6, 6.07) is 9.77. The number of nitrogens with one attached hydrogen (secondary N) is 1. The molecule has 0 aliphatic carbocycles. The number of aromatic nitrogens is 3. The number of nitrogens with zero attached hydrogens (tertiary/aromatic N) is 3. The Kier molecular flexibility index (Phi) is 5.01. The number of benzene rings is 2. The van der Waals surface area contributed by atoms with Crippen molar-refractivity contribution in [2.45, 2.75) is 6.18 Å². The molecule has 8 nitrogen and oxygen atoms in total. The number of methoxy groups -OCH3 is 2. The van der Waals surface area contributed by atoms with Crippen molar-refractivity contribution in [1.82, 2.24) is 14.5 Å². The zero-order valence-corrected chi connectivity index (χ0v) is 16.2. The fourth-order valence-electron chi connectivity index (χ4n) is 3.07. The summed E-state index contributed by atoms with van der Waals surface area (Å²) in [5.74, 6) is -1.26. The van der Waals surface area contributed by atoms with Gasteiger partial charge < -0.3 is 14.3 Å². The van der Waals surface area contributed by atoms with Crippen molar-refractivity contribution in [3.63, 3.8) is 0 Å². The average Bonchev–Trinajstić information content (AvgIpc) is 3.20. The molecule has 0 amide bonds. The molecular weight excluding hydrogens is 417 g/mol. The number of rotatable bonds is 5. The first-order chi connectivity index (χ1) is 14.8. The third-order valence-corrected chi connectivity index (χ3v) is 4.52. The summed E-state index contributed by atoms with van der Waals surface area (Å²) in [7, 11) is 3.07. The summed E-state index contributed by atoms with van der Waals surface area (Å²) >= 11 is 0. The van der Waals surface area contributed by atoms with Crippen LogP contribution in [-0.2, 0) is 9.63 Å². The third kappa shape index (κ3) is 3.77. The SMILES string of the molecule is COc1cc2ncc3ncn(-c4ccc(NOC(=O)C(F)(F)F)cc4)c3c2cc1OC. The van der Waals surface area contributed by atoms with E-state index in [1.807, 2.05) is 5.48 Å². The van der Waals surface area contributed by atoms with Crippen LogP contribution >= 0.6 is 0 Å². The summed E-state index contributed by atoms with van der Waals surface area (Å²) in [6.07, 6.45) is -1.84. The lowest BCUT2D eigenvalue weighted by Gasteiger charge is -2.12. The number of ether oxygens (including phenoxy) is 2. The molecule has 0 radical (unpaired) electrons. The number of pyridine rings is 1. The highest BCUT2D eigenvalue weighted by molar-refractivity contribution is 6.04. The van der Waals surface area contributed by atoms with E-state index in [1.54, 1.807) is 41.4 Å². The molecule has 2 aromatic carbocycles. The quantitative estimate of drug-likeness (QED) is 0.477. The van der Waals surface area contributed by atoms with Crippen LogP contribution in [0.15, 0.2) is 48.9 Å². The first kappa shape index (κ1) is 20.3. The van der Waals surface area contributed by atoms with Crippen molar-refractivity contribution in [3.8, 4) is 17.2 Å². The van der Waals surface area contributed by atoms with Crippen LogP contribution in [0.3, 0.4) is 0 Å². The average molecular weight is 432 g/mol. The lowest BCUT2D eigenvalue weighted by molar-refractivity contribution is -0.196. The summed E-state index contributed by atoms with van der Waals surface area (Å²) in [6.45, 7) is 0. The number of halogens is 3. The Balaban J connectivity index is 1.71. The van der Waals surface area contributed by atoms with Crippen molar-refractivity contribution < 1.29 is 32.3 Å². The normalized spacial score (nSPS) is 11.5. The number of hydrogen-bond acceptors (Lipinski definition) is 7. The monoisotopic (exact) mass is 432 g/mol. The summed E-state index contributed by atoms with van der Waals surface area (Å²) in [4.78, 5) is 23.6. The van der Waals surface area contributed by atoms with Crippen LogP contribution in [0.25, 0.3) is 27.6 Å². The minimum atomic E-state index is -5.08. The zero-order valence-electron chi connectivity index (χ0n) is 16.2. The Bertz CT molecular complexity index is 1270. The Morgan fingerprint density at radius 1 is 1.00 bits per heavy atom. The van der Waals surface area contributed by atoms with E-state index in [4.69, 9.17) is 9.47 Å². The highest BCUT2D eigenvalue weighted by Crippen LogP contribution is 2.35. The molecule has 0 aliphatic heterocycles. The molecular formula is C20H15F3N4O4. The van der Waals surface area contributed by atoms with Crippen LogP contribution in [0.1, 0.15) is 0 Å². The number of carbonyl (C=O) groups excluding carboxylic acids is 1. The van der Waals surface area contributed by atoms with Crippen molar-refractivity contribution in [2.75, 3.05) is 19.7 Å². The van der Waals surface area contributed by atoms with Gasteiger partial charge >= 0.3 is 12.1 Å². The topological polar surface area (TPSA) is 87.5 Å². The van der Waals surface area contributed by atoms with E-state index in [-0.39, 0.29) is 5.69 Å². The predicted molar refractivity (Wildman–Crippen MR) is 105 cm³/mol. The van der Waals surface area contributed by atoms with Gasteiger partial charge in [-0.2, -0.15) is 13.2 Å².